The normalized spacial score (nSPS) is 10.0. The lowest BCUT2D eigenvalue weighted by molar-refractivity contribution is 0.322. The van der Waals surface area contributed by atoms with Crippen LogP contribution in [0.15, 0.2) is 42.5 Å². The van der Waals surface area contributed by atoms with Gasteiger partial charge in [-0.25, -0.2) is 0 Å². The highest BCUT2D eigenvalue weighted by Crippen LogP contribution is 2.18. The van der Waals surface area contributed by atoms with E-state index < -0.39 is 0 Å². The predicted octanol–water partition coefficient (Wildman–Crippen LogP) is 3.68. The molecule has 5 heteroatoms. The monoisotopic (exact) mass is 330 g/mol. The minimum atomic E-state index is 0.529. The first-order valence-electron chi connectivity index (χ1n) is 7.48. The molecule has 4 nitrogen and oxygen atoms in total. The molecule has 2 N–H and O–H groups in total. The van der Waals surface area contributed by atoms with Crippen LogP contribution in [0.25, 0.3) is 0 Å². The van der Waals surface area contributed by atoms with Gasteiger partial charge in [-0.3, -0.25) is 0 Å². The zero-order valence-electron chi connectivity index (χ0n) is 13.7. The van der Waals surface area contributed by atoms with Crippen molar-refractivity contribution < 1.29 is 9.47 Å². The van der Waals surface area contributed by atoms with Crippen molar-refractivity contribution >= 4 is 23.0 Å². The van der Waals surface area contributed by atoms with Crippen LogP contribution in [0.1, 0.15) is 11.1 Å². The maximum Gasteiger partial charge on any atom is 0.170 e. The molecule has 0 bridgehead atoms. The smallest absolute Gasteiger partial charge is 0.170 e. The van der Waals surface area contributed by atoms with Gasteiger partial charge >= 0.3 is 0 Å². The molecule has 0 spiro atoms. The molecule has 0 fully saturated rings. The fourth-order valence-corrected chi connectivity index (χ4v) is 2.27. The number of hydrogen-bond acceptors (Lipinski definition) is 3. The molecule has 0 unspecified atom stereocenters. The van der Waals surface area contributed by atoms with Crippen molar-refractivity contribution in [1.82, 2.24) is 5.32 Å². The first kappa shape index (κ1) is 17.1. The Kier molecular flexibility index (Phi) is 6.23. The van der Waals surface area contributed by atoms with E-state index in [1.807, 2.05) is 36.4 Å². The zero-order chi connectivity index (χ0) is 16.7. The van der Waals surface area contributed by atoms with Crippen molar-refractivity contribution in [1.29, 1.82) is 0 Å². The van der Waals surface area contributed by atoms with Crippen molar-refractivity contribution in [3.8, 4) is 11.5 Å². The van der Waals surface area contributed by atoms with Gasteiger partial charge in [0.25, 0.3) is 0 Å². The minimum absolute atomic E-state index is 0.529. The number of rotatable bonds is 6. The quantitative estimate of drug-likeness (QED) is 0.625. The highest BCUT2D eigenvalue weighted by molar-refractivity contribution is 7.80. The maximum atomic E-state index is 5.64. The standard InChI is InChI=1S/C18H22N2O2S/c1-13-5-4-6-17(14(13)2)20-18(23)19-11-12-22-16-9-7-15(21-3)8-10-16/h4-10H,11-12H2,1-3H3,(H2,19,20,23). The third kappa shape index (κ3) is 5.14. The molecule has 0 radical (unpaired) electrons. The molecule has 0 saturated carbocycles. The van der Waals surface area contributed by atoms with Gasteiger partial charge in [0.15, 0.2) is 5.11 Å². The second kappa shape index (κ2) is 8.39. The Morgan fingerprint density at radius 2 is 1.74 bits per heavy atom. The van der Waals surface area contributed by atoms with Crippen LogP contribution in [0.3, 0.4) is 0 Å². The molecule has 0 aliphatic carbocycles. The van der Waals surface area contributed by atoms with Gasteiger partial charge in [-0.2, -0.15) is 0 Å². The van der Waals surface area contributed by atoms with E-state index in [4.69, 9.17) is 21.7 Å². The molecule has 0 amide bonds. The van der Waals surface area contributed by atoms with Crippen LogP contribution in [0.4, 0.5) is 5.69 Å². The lowest BCUT2D eigenvalue weighted by Gasteiger charge is -2.14. The molecular weight excluding hydrogens is 308 g/mol. The summed E-state index contributed by atoms with van der Waals surface area (Å²) in [6.45, 7) is 5.32. The van der Waals surface area contributed by atoms with E-state index >= 15 is 0 Å². The second-order valence-corrected chi connectivity index (χ2v) is 5.56. The average molecular weight is 330 g/mol. The van der Waals surface area contributed by atoms with Crippen LogP contribution in [-0.2, 0) is 0 Å². The summed E-state index contributed by atoms with van der Waals surface area (Å²) in [5.41, 5.74) is 3.46. The van der Waals surface area contributed by atoms with Gasteiger partial charge in [-0.15, -0.1) is 0 Å². The fourth-order valence-electron chi connectivity index (χ4n) is 2.06. The number of nitrogens with one attached hydrogen (secondary N) is 2. The van der Waals surface area contributed by atoms with Crippen LogP contribution in [-0.4, -0.2) is 25.4 Å². The molecule has 2 aromatic carbocycles. The molecule has 2 aromatic rings. The van der Waals surface area contributed by atoms with Crippen molar-refractivity contribution in [2.45, 2.75) is 13.8 Å². The summed E-state index contributed by atoms with van der Waals surface area (Å²) in [7, 11) is 1.64. The number of aryl methyl sites for hydroxylation is 1. The highest BCUT2D eigenvalue weighted by Gasteiger charge is 2.02. The highest BCUT2D eigenvalue weighted by atomic mass is 32.1. The number of methoxy groups -OCH3 is 1. The summed E-state index contributed by atoms with van der Waals surface area (Å²) in [5.74, 6) is 1.62. The van der Waals surface area contributed by atoms with E-state index in [0.717, 1.165) is 17.2 Å². The third-order valence-corrected chi connectivity index (χ3v) is 3.82. The first-order valence-corrected chi connectivity index (χ1v) is 7.89. The number of thiocarbonyl (C=S) groups is 1. The Hall–Kier alpha value is -2.27. The van der Waals surface area contributed by atoms with Crippen molar-refractivity contribution in [2.75, 3.05) is 25.6 Å². The van der Waals surface area contributed by atoms with E-state index in [9.17, 15) is 0 Å². The number of anilines is 1. The van der Waals surface area contributed by atoms with Crippen LogP contribution < -0.4 is 20.1 Å². The summed E-state index contributed by atoms with van der Waals surface area (Å²) in [5, 5.41) is 6.95. The first-order chi connectivity index (χ1) is 11.1. The molecule has 0 heterocycles. The van der Waals surface area contributed by atoms with Crippen LogP contribution in [0, 0.1) is 13.8 Å². The molecule has 2 rings (SSSR count). The van der Waals surface area contributed by atoms with Crippen LogP contribution in [0.5, 0.6) is 11.5 Å². The van der Waals surface area contributed by atoms with E-state index in [-0.39, 0.29) is 0 Å². The van der Waals surface area contributed by atoms with Crippen LogP contribution in [0.2, 0.25) is 0 Å². The average Bonchev–Trinajstić information content (AvgIpc) is 2.56. The van der Waals surface area contributed by atoms with Gasteiger partial charge in [0, 0.05) is 5.69 Å². The Balaban J connectivity index is 1.73. The molecule has 0 aliphatic heterocycles. The minimum Gasteiger partial charge on any atom is -0.497 e. The SMILES string of the molecule is COc1ccc(OCCNC(=S)Nc2cccc(C)c2C)cc1. The molecule has 122 valence electrons. The molecule has 0 saturated heterocycles. The summed E-state index contributed by atoms with van der Waals surface area (Å²) < 4.78 is 10.8. The lowest BCUT2D eigenvalue weighted by Crippen LogP contribution is -2.32. The Labute approximate surface area is 142 Å². The topological polar surface area (TPSA) is 42.5 Å². The molecular formula is C18H22N2O2S. The van der Waals surface area contributed by atoms with E-state index in [1.54, 1.807) is 7.11 Å². The van der Waals surface area contributed by atoms with Gasteiger partial charge < -0.3 is 20.1 Å². The lowest BCUT2D eigenvalue weighted by atomic mass is 10.1. The Morgan fingerprint density at radius 3 is 2.43 bits per heavy atom. The van der Waals surface area contributed by atoms with E-state index in [1.165, 1.54) is 11.1 Å². The van der Waals surface area contributed by atoms with Gasteiger partial charge in [-0.05, 0) is 67.5 Å². The summed E-state index contributed by atoms with van der Waals surface area (Å²) >= 11 is 5.31. The van der Waals surface area contributed by atoms with Gasteiger partial charge in [0.05, 0.1) is 13.7 Å². The van der Waals surface area contributed by atoms with E-state index in [0.29, 0.717) is 18.3 Å². The number of ether oxygens (including phenoxy) is 2. The van der Waals surface area contributed by atoms with E-state index in [2.05, 4.69) is 30.5 Å². The van der Waals surface area contributed by atoms with Gasteiger partial charge in [0.1, 0.15) is 18.1 Å². The molecule has 0 aliphatic rings. The Bertz CT molecular complexity index is 657. The maximum absolute atomic E-state index is 5.64. The predicted molar refractivity (Wildman–Crippen MR) is 98.6 cm³/mol. The second-order valence-electron chi connectivity index (χ2n) is 5.15. The van der Waals surface area contributed by atoms with Crippen molar-refractivity contribution in [3.05, 3.63) is 53.6 Å². The van der Waals surface area contributed by atoms with Gasteiger partial charge in [0.2, 0.25) is 0 Å². The molecule has 0 atom stereocenters. The van der Waals surface area contributed by atoms with Crippen molar-refractivity contribution in [2.24, 2.45) is 0 Å². The fraction of sp³-hybridized carbons (Fsp3) is 0.278. The largest absolute Gasteiger partial charge is 0.497 e. The molecule has 23 heavy (non-hydrogen) atoms. The summed E-state index contributed by atoms with van der Waals surface area (Å²) in [6, 6.07) is 13.6. The number of benzene rings is 2. The summed E-state index contributed by atoms with van der Waals surface area (Å²) in [6.07, 6.45) is 0. The van der Waals surface area contributed by atoms with Crippen LogP contribution >= 0.6 is 12.2 Å². The van der Waals surface area contributed by atoms with Gasteiger partial charge in [-0.1, -0.05) is 12.1 Å². The Morgan fingerprint density at radius 1 is 1.04 bits per heavy atom. The third-order valence-electron chi connectivity index (χ3n) is 3.57. The zero-order valence-corrected chi connectivity index (χ0v) is 14.5. The summed E-state index contributed by atoms with van der Waals surface area (Å²) in [4.78, 5) is 0. The van der Waals surface area contributed by atoms with Crippen molar-refractivity contribution in [3.63, 3.8) is 0 Å². The number of hydrogen-bond donors (Lipinski definition) is 2. The molecule has 0 aromatic heterocycles.